The van der Waals surface area contributed by atoms with E-state index in [1.54, 1.807) is 12.1 Å². The van der Waals surface area contributed by atoms with E-state index < -0.39 is 0 Å². The number of imidazole rings is 1. The van der Waals surface area contributed by atoms with Gasteiger partial charge in [-0.3, -0.25) is 4.79 Å². The number of aryl methyl sites for hydroxylation is 1. The van der Waals surface area contributed by atoms with E-state index in [9.17, 15) is 4.79 Å². The third kappa shape index (κ3) is 4.06. The highest BCUT2D eigenvalue weighted by Gasteiger charge is 2.06. The Morgan fingerprint density at radius 2 is 2.08 bits per heavy atom. The molecule has 3 aromatic rings. The Kier molecular flexibility index (Phi) is 5.01. The normalized spacial score (nSPS) is 10.8. The van der Waals surface area contributed by atoms with Gasteiger partial charge in [0.25, 0.3) is 5.91 Å². The molecule has 0 atom stereocenters. The highest BCUT2D eigenvalue weighted by molar-refractivity contribution is 6.32. The zero-order chi connectivity index (χ0) is 16.9. The number of para-hydroxylation sites is 1. The lowest BCUT2D eigenvalue weighted by atomic mass is 10.3. The van der Waals surface area contributed by atoms with Gasteiger partial charge in [-0.05, 0) is 30.7 Å². The van der Waals surface area contributed by atoms with Gasteiger partial charge in [-0.15, -0.1) is 0 Å². The van der Waals surface area contributed by atoms with E-state index in [-0.39, 0.29) is 12.5 Å². The summed E-state index contributed by atoms with van der Waals surface area (Å²) < 4.78 is 7.39. The molecule has 2 aromatic heterocycles. The summed E-state index contributed by atoms with van der Waals surface area (Å²) in [5, 5.41) is 3.31. The minimum absolute atomic E-state index is 0.0614. The van der Waals surface area contributed by atoms with E-state index in [0.717, 1.165) is 11.3 Å². The summed E-state index contributed by atoms with van der Waals surface area (Å²) in [7, 11) is 0. The molecule has 0 aliphatic heterocycles. The van der Waals surface area contributed by atoms with E-state index in [4.69, 9.17) is 16.3 Å². The van der Waals surface area contributed by atoms with Crippen LogP contribution in [0.1, 0.15) is 11.3 Å². The molecule has 0 bridgehead atoms. The minimum Gasteiger partial charge on any atom is -0.482 e. The number of pyridine rings is 1. The maximum Gasteiger partial charge on any atom is 0.257 e. The fourth-order valence-electron chi connectivity index (χ4n) is 2.36. The highest BCUT2D eigenvalue weighted by atomic mass is 35.5. The first kappa shape index (κ1) is 16.3. The van der Waals surface area contributed by atoms with Crippen LogP contribution >= 0.6 is 11.6 Å². The second-order valence-electron chi connectivity index (χ2n) is 5.52. The van der Waals surface area contributed by atoms with E-state index in [1.807, 2.05) is 48.0 Å². The SMILES string of the molecule is Cc1ccc2nc(CCNC(=O)COc3ccccc3Cl)cn2c1. The maximum atomic E-state index is 11.8. The second-order valence-corrected chi connectivity index (χ2v) is 5.93. The molecule has 1 aromatic carbocycles. The first-order chi connectivity index (χ1) is 11.6. The molecule has 3 rings (SSSR count). The maximum absolute atomic E-state index is 11.8. The number of carbonyl (C=O) groups is 1. The first-order valence-electron chi connectivity index (χ1n) is 7.70. The zero-order valence-corrected chi connectivity index (χ0v) is 14.1. The summed E-state index contributed by atoms with van der Waals surface area (Å²) in [5.74, 6) is 0.319. The Labute approximate surface area is 145 Å². The number of nitrogens with zero attached hydrogens (tertiary/aromatic N) is 2. The van der Waals surface area contributed by atoms with Crippen molar-refractivity contribution < 1.29 is 9.53 Å². The van der Waals surface area contributed by atoms with Crippen molar-refractivity contribution >= 4 is 23.2 Å². The van der Waals surface area contributed by atoms with Crippen LogP contribution in [0.25, 0.3) is 5.65 Å². The minimum atomic E-state index is -0.186. The molecule has 0 saturated heterocycles. The Morgan fingerprint density at radius 1 is 1.25 bits per heavy atom. The Bertz CT molecular complexity index is 860. The third-order valence-electron chi connectivity index (χ3n) is 3.55. The van der Waals surface area contributed by atoms with Gasteiger partial charge in [0.1, 0.15) is 11.4 Å². The molecule has 124 valence electrons. The number of benzene rings is 1. The van der Waals surface area contributed by atoms with Gasteiger partial charge >= 0.3 is 0 Å². The third-order valence-corrected chi connectivity index (χ3v) is 3.86. The van der Waals surface area contributed by atoms with Crippen LogP contribution in [0.4, 0.5) is 0 Å². The van der Waals surface area contributed by atoms with Crippen LogP contribution < -0.4 is 10.1 Å². The van der Waals surface area contributed by atoms with Gasteiger partial charge in [0, 0.05) is 25.4 Å². The molecular weight excluding hydrogens is 326 g/mol. The Balaban J connectivity index is 1.47. The second kappa shape index (κ2) is 7.36. The van der Waals surface area contributed by atoms with Crippen molar-refractivity contribution in [3.05, 3.63) is 65.1 Å². The molecule has 24 heavy (non-hydrogen) atoms. The quantitative estimate of drug-likeness (QED) is 0.748. The largest absolute Gasteiger partial charge is 0.482 e. The molecule has 2 heterocycles. The topological polar surface area (TPSA) is 55.6 Å². The molecule has 1 N–H and O–H groups in total. The molecule has 0 saturated carbocycles. The van der Waals surface area contributed by atoms with E-state index in [2.05, 4.69) is 10.3 Å². The highest BCUT2D eigenvalue weighted by Crippen LogP contribution is 2.22. The van der Waals surface area contributed by atoms with Crippen molar-refractivity contribution in [1.82, 2.24) is 14.7 Å². The van der Waals surface area contributed by atoms with Gasteiger partial charge in [-0.1, -0.05) is 29.8 Å². The Morgan fingerprint density at radius 3 is 2.92 bits per heavy atom. The number of ether oxygens (including phenoxy) is 1. The molecule has 5 nitrogen and oxygen atoms in total. The number of halogens is 1. The van der Waals surface area contributed by atoms with Gasteiger partial charge in [-0.2, -0.15) is 0 Å². The van der Waals surface area contributed by atoms with E-state index >= 15 is 0 Å². The molecule has 1 amide bonds. The van der Waals surface area contributed by atoms with Crippen LogP contribution in [0.15, 0.2) is 48.8 Å². The molecule has 0 fully saturated rings. The number of nitrogens with one attached hydrogen (secondary N) is 1. The Hall–Kier alpha value is -2.53. The molecular formula is C18H18ClN3O2. The fourth-order valence-corrected chi connectivity index (χ4v) is 2.55. The average Bonchev–Trinajstić information content (AvgIpc) is 2.96. The molecule has 6 heteroatoms. The summed E-state index contributed by atoms with van der Waals surface area (Å²) in [6.07, 6.45) is 4.68. The van der Waals surface area contributed by atoms with Gasteiger partial charge in [-0.25, -0.2) is 4.98 Å². The molecule has 0 radical (unpaired) electrons. The summed E-state index contributed by atoms with van der Waals surface area (Å²) in [5.41, 5.74) is 3.02. The van der Waals surface area contributed by atoms with Crippen LogP contribution in [-0.4, -0.2) is 28.4 Å². The van der Waals surface area contributed by atoms with E-state index in [1.165, 1.54) is 5.56 Å². The van der Waals surface area contributed by atoms with Crippen molar-refractivity contribution in [3.8, 4) is 5.75 Å². The molecule has 0 unspecified atom stereocenters. The van der Waals surface area contributed by atoms with Crippen molar-refractivity contribution in [1.29, 1.82) is 0 Å². The predicted molar refractivity (Wildman–Crippen MR) is 93.6 cm³/mol. The number of carbonyl (C=O) groups excluding carboxylic acids is 1. The number of rotatable bonds is 6. The van der Waals surface area contributed by atoms with Crippen molar-refractivity contribution in [2.75, 3.05) is 13.2 Å². The van der Waals surface area contributed by atoms with Crippen molar-refractivity contribution in [2.45, 2.75) is 13.3 Å². The van der Waals surface area contributed by atoms with Gasteiger partial charge in [0.2, 0.25) is 0 Å². The zero-order valence-electron chi connectivity index (χ0n) is 13.3. The molecule has 0 spiro atoms. The lowest BCUT2D eigenvalue weighted by molar-refractivity contribution is -0.123. The summed E-state index contributed by atoms with van der Waals surface area (Å²) in [6, 6.07) is 11.1. The smallest absolute Gasteiger partial charge is 0.257 e. The summed E-state index contributed by atoms with van der Waals surface area (Å²) in [6.45, 7) is 2.49. The van der Waals surface area contributed by atoms with Crippen LogP contribution in [-0.2, 0) is 11.2 Å². The van der Waals surface area contributed by atoms with Crippen molar-refractivity contribution in [3.63, 3.8) is 0 Å². The predicted octanol–water partition coefficient (Wildman–Crippen LogP) is 3.03. The fraction of sp³-hybridized carbons (Fsp3) is 0.222. The summed E-state index contributed by atoms with van der Waals surface area (Å²) >= 11 is 5.97. The van der Waals surface area contributed by atoms with Crippen LogP contribution in [0.2, 0.25) is 5.02 Å². The number of aromatic nitrogens is 2. The molecule has 0 aliphatic carbocycles. The van der Waals surface area contributed by atoms with Crippen LogP contribution in [0.3, 0.4) is 0 Å². The number of hydrogen-bond donors (Lipinski definition) is 1. The van der Waals surface area contributed by atoms with E-state index in [0.29, 0.717) is 23.7 Å². The number of amides is 1. The lowest BCUT2D eigenvalue weighted by Crippen LogP contribution is -2.30. The van der Waals surface area contributed by atoms with Gasteiger partial charge in [0.15, 0.2) is 6.61 Å². The van der Waals surface area contributed by atoms with Gasteiger partial charge in [0.05, 0.1) is 10.7 Å². The molecule has 0 aliphatic rings. The van der Waals surface area contributed by atoms with Crippen LogP contribution in [0, 0.1) is 6.92 Å². The standard InChI is InChI=1S/C18H18ClN3O2/c1-13-6-7-17-21-14(11-22(17)10-13)8-9-20-18(23)12-24-16-5-3-2-4-15(16)19/h2-7,10-11H,8-9,12H2,1H3,(H,20,23). The monoisotopic (exact) mass is 343 g/mol. The number of hydrogen-bond acceptors (Lipinski definition) is 3. The number of fused-ring (bicyclic) bond motifs is 1. The van der Waals surface area contributed by atoms with Gasteiger partial charge < -0.3 is 14.5 Å². The lowest BCUT2D eigenvalue weighted by Gasteiger charge is -2.08. The first-order valence-corrected chi connectivity index (χ1v) is 8.08. The summed E-state index contributed by atoms with van der Waals surface area (Å²) in [4.78, 5) is 16.3. The van der Waals surface area contributed by atoms with Crippen LogP contribution in [0.5, 0.6) is 5.75 Å². The average molecular weight is 344 g/mol. The van der Waals surface area contributed by atoms with Crippen molar-refractivity contribution in [2.24, 2.45) is 0 Å².